The number of amides is 1. The van der Waals surface area contributed by atoms with Gasteiger partial charge in [0.15, 0.2) is 0 Å². The molecule has 0 aromatic rings. The van der Waals surface area contributed by atoms with E-state index in [1.165, 1.54) is 50.0 Å². The van der Waals surface area contributed by atoms with E-state index in [1.807, 2.05) is 11.8 Å². The summed E-state index contributed by atoms with van der Waals surface area (Å²) >= 11 is 2.02. The lowest BCUT2D eigenvalue weighted by molar-refractivity contribution is -0.118. The number of primary amides is 1. The predicted molar refractivity (Wildman–Crippen MR) is 73.7 cm³/mol. The molecule has 0 aromatic carbocycles. The summed E-state index contributed by atoms with van der Waals surface area (Å²) < 4.78 is 0. The van der Waals surface area contributed by atoms with Crippen LogP contribution in [0.4, 0.5) is 0 Å². The van der Waals surface area contributed by atoms with Gasteiger partial charge in [-0.3, -0.25) is 4.79 Å². The summed E-state index contributed by atoms with van der Waals surface area (Å²) in [6.07, 6.45) is 10.9. The van der Waals surface area contributed by atoms with Gasteiger partial charge in [0.25, 0.3) is 0 Å². The minimum absolute atomic E-state index is 0.166. The van der Waals surface area contributed by atoms with Crippen LogP contribution in [0, 0.1) is 0 Å². The SMILES string of the molecule is CCCCCCCCSCCCCC(N)=O. The van der Waals surface area contributed by atoms with E-state index in [1.54, 1.807) is 0 Å². The van der Waals surface area contributed by atoms with Crippen LogP contribution in [-0.4, -0.2) is 17.4 Å². The molecule has 1 amide bonds. The Bertz CT molecular complexity index is 162. The molecule has 0 aliphatic carbocycles. The summed E-state index contributed by atoms with van der Waals surface area (Å²) in [4.78, 5) is 10.5. The molecule has 0 aromatic heterocycles. The van der Waals surface area contributed by atoms with Crippen molar-refractivity contribution in [1.82, 2.24) is 0 Å². The second-order valence-electron chi connectivity index (χ2n) is 4.30. The molecule has 0 bridgehead atoms. The second-order valence-corrected chi connectivity index (χ2v) is 5.53. The Kier molecular flexibility index (Phi) is 12.7. The molecule has 0 fully saturated rings. The fraction of sp³-hybridized carbons (Fsp3) is 0.923. The average Bonchev–Trinajstić information content (AvgIpc) is 2.25. The van der Waals surface area contributed by atoms with E-state index in [-0.39, 0.29) is 5.91 Å². The second kappa shape index (κ2) is 12.9. The van der Waals surface area contributed by atoms with Crippen LogP contribution in [0.2, 0.25) is 0 Å². The van der Waals surface area contributed by atoms with Gasteiger partial charge in [0.2, 0.25) is 5.91 Å². The van der Waals surface area contributed by atoms with Gasteiger partial charge in [-0.1, -0.05) is 39.0 Å². The van der Waals surface area contributed by atoms with E-state index < -0.39 is 0 Å². The molecular formula is C13H27NOS. The number of nitrogens with two attached hydrogens (primary N) is 1. The van der Waals surface area contributed by atoms with Crippen molar-refractivity contribution in [2.45, 2.75) is 64.7 Å². The molecule has 0 saturated carbocycles. The quantitative estimate of drug-likeness (QED) is 0.532. The van der Waals surface area contributed by atoms with Crippen molar-refractivity contribution in [2.24, 2.45) is 5.73 Å². The van der Waals surface area contributed by atoms with Crippen molar-refractivity contribution >= 4 is 17.7 Å². The van der Waals surface area contributed by atoms with E-state index in [0.717, 1.165) is 12.8 Å². The Hall–Kier alpha value is -0.180. The number of carbonyl (C=O) groups is 1. The number of thioether (sulfide) groups is 1. The van der Waals surface area contributed by atoms with E-state index in [2.05, 4.69) is 6.92 Å². The number of rotatable bonds is 12. The number of hydrogen-bond donors (Lipinski definition) is 1. The maximum atomic E-state index is 10.5. The molecule has 2 nitrogen and oxygen atoms in total. The van der Waals surface area contributed by atoms with Gasteiger partial charge >= 0.3 is 0 Å². The minimum atomic E-state index is -0.166. The molecule has 0 saturated heterocycles. The van der Waals surface area contributed by atoms with Crippen molar-refractivity contribution in [3.63, 3.8) is 0 Å². The first-order valence-corrected chi connectivity index (χ1v) is 7.79. The number of unbranched alkanes of at least 4 members (excludes halogenated alkanes) is 6. The molecule has 2 N–H and O–H groups in total. The van der Waals surface area contributed by atoms with Crippen LogP contribution in [0.15, 0.2) is 0 Å². The molecular weight excluding hydrogens is 218 g/mol. The Labute approximate surface area is 105 Å². The third-order valence-corrected chi connectivity index (χ3v) is 3.76. The highest BCUT2D eigenvalue weighted by molar-refractivity contribution is 7.99. The normalized spacial score (nSPS) is 10.6. The van der Waals surface area contributed by atoms with Gasteiger partial charge in [-0.15, -0.1) is 0 Å². The zero-order valence-corrected chi connectivity index (χ0v) is 11.5. The third kappa shape index (κ3) is 13.8. The van der Waals surface area contributed by atoms with Crippen molar-refractivity contribution < 1.29 is 4.79 Å². The fourth-order valence-corrected chi connectivity index (χ4v) is 2.61. The van der Waals surface area contributed by atoms with Crippen LogP contribution < -0.4 is 5.73 Å². The lowest BCUT2D eigenvalue weighted by atomic mass is 10.1. The van der Waals surface area contributed by atoms with Crippen LogP contribution in [-0.2, 0) is 4.79 Å². The highest BCUT2D eigenvalue weighted by Crippen LogP contribution is 2.11. The first-order valence-electron chi connectivity index (χ1n) is 6.63. The minimum Gasteiger partial charge on any atom is -0.370 e. The maximum absolute atomic E-state index is 10.5. The lowest BCUT2D eigenvalue weighted by Gasteiger charge is -2.01. The smallest absolute Gasteiger partial charge is 0.217 e. The molecule has 0 radical (unpaired) electrons. The molecule has 0 heterocycles. The van der Waals surface area contributed by atoms with Gasteiger partial charge in [-0.25, -0.2) is 0 Å². The van der Waals surface area contributed by atoms with Crippen molar-refractivity contribution in [3.8, 4) is 0 Å². The summed E-state index contributed by atoms with van der Waals surface area (Å²) in [5.41, 5.74) is 5.07. The molecule has 96 valence electrons. The topological polar surface area (TPSA) is 43.1 Å². The van der Waals surface area contributed by atoms with Gasteiger partial charge in [0.05, 0.1) is 0 Å². The van der Waals surface area contributed by atoms with Crippen molar-refractivity contribution in [1.29, 1.82) is 0 Å². The molecule has 0 rings (SSSR count). The van der Waals surface area contributed by atoms with E-state index in [4.69, 9.17) is 5.73 Å². The van der Waals surface area contributed by atoms with Gasteiger partial charge in [-0.2, -0.15) is 11.8 Å². The zero-order chi connectivity index (χ0) is 12.1. The zero-order valence-electron chi connectivity index (χ0n) is 10.7. The third-order valence-electron chi connectivity index (χ3n) is 2.60. The first kappa shape index (κ1) is 15.8. The van der Waals surface area contributed by atoms with Crippen LogP contribution in [0.25, 0.3) is 0 Å². The van der Waals surface area contributed by atoms with Crippen molar-refractivity contribution in [3.05, 3.63) is 0 Å². The summed E-state index contributed by atoms with van der Waals surface area (Å²) in [7, 11) is 0. The van der Waals surface area contributed by atoms with Gasteiger partial charge in [-0.05, 0) is 30.8 Å². The first-order chi connectivity index (χ1) is 7.77. The van der Waals surface area contributed by atoms with Crippen molar-refractivity contribution in [2.75, 3.05) is 11.5 Å². The monoisotopic (exact) mass is 245 g/mol. The number of carbonyl (C=O) groups excluding carboxylic acids is 1. The van der Waals surface area contributed by atoms with Crippen LogP contribution in [0.1, 0.15) is 64.7 Å². The molecule has 16 heavy (non-hydrogen) atoms. The summed E-state index contributed by atoms with van der Waals surface area (Å²) in [6.45, 7) is 2.25. The largest absolute Gasteiger partial charge is 0.370 e. The van der Waals surface area contributed by atoms with Crippen LogP contribution in [0.5, 0.6) is 0 Å². The van der Waals surface area contributed by atoms with Gasteiger partial charge in [0, 0.05) is 6.42 Å². The molecule has 0 spiro atoms. The lowest BCUT2D eigenvalue weighted by Crippen LogP contribution is -2.09. The highest BCUT2D eigenvalue weighted by Gasteiger charge is 1.95. The van der Waals surface area contributed by atoms with Gasteiger partial charge in [0.1, 0.15) is 0 Å². The summed E-state index contributed by atoms with van der Waals surface area (Å²) in [6, 6.07) is 0. The predicted octanol–water partition coefficient (Wildman–Crippen LogP) is 3.74. The van der Waals surface area contributed by atoms with E-state index >= 15 is 0 Å². The fourth-order valence-electron chi connectivity index (χ4n) is 1.59. The number of hydrogen-bond acceptors (Lipinski definition) is 2. The Balaban J connectivity index is 2.90. The summed E-state index contributed by atoms with van der Waals surface area (Å²) in [5.74, 6) is 2.30. The van der Waals surface area contributed by atoms with Crippen LogP contribution >= 0.6 is 11.8 Å². The Morgan fingerprint density at radius 1 is 0.938 bits per heavy atom. The van der Waals surface area contributed by atoms with Crippen LogP contribution in [0.3, 0.4) is 0 Å². The standard InChI is InChI=1S/C13H27NOS/c1-2-3-4-5-6-8-11-16-12-9-7-10-13(14)15/h2-12H2,1H3,(H2,14,15). The molecule has 3 heteroatoms. The molecule has 0 atom stereocenters. The Morgan fingerprint density at radius 3 is 2.12 bits per heavy atom. The molecule has 0 aliphatic rings. The Morgan fingerprint density at radius 2 is 1.50 bits per heavy atom. The van der Waals surface area contributed by atoms with Gasteiger partial charge < -0.3 is 5.73 Å². The van der Waals surface area contributed by atoms with E-state index in [0.29, 0.717) is 6.42 Å². The molecule has 0 unspecified atom stereocenters. The average molecular weight is 245 g/mol. The summed E-state index contributed by atoms with van der Waals surface area (Å²) in [5, 5.41) is 0. The molecule has 0 aliphatic heterocycles. The maximum Gasteiger partial charge on any atom is 0.217 e. The highest BCUT2D eigenvalue weighted by atomic mass is 32.2. The van der Waals surface area contributed by atoms with E-state index in [9.17, 15) is 4.79 Å².